The lowest BCUT2D eigenvalue weighted by Crippen LogP contribution is -2.43. The molecule has 118 valence electrons. The van der Waals surface area contributed by atoms with Crippen molar-refractivity contribution in [2.75, 3.05) is 18.1 Å². The highest BCUT2D eigenvalue weighted by molar-refractivity contribution is 5.83. The van der Waals surface area contributed by atoms with E-state index in [0.29, 0.717) is 13.1 Å². The maximum atomic E-state index is 11.9. The van der Waals surface area contributed by atoms with Crippen LogP contribution >= 0.6 is 0 Å². The Morgan fingerprint density at radius 3 is 2.36 bits per heavy atom. The topological polar surface area (TPSA) is 88.3 Å². The van der Waals surface area contributed by atoms with Gasteiger partial charge in [-0.15, -0.1) is 0 Å². The maximum Gasteiger partial charge on any atom is 0.415 e. The van der Waals surface area contributed by atoms with Gasteiger partial charge < -0.3 is 4.74 Å². The molecule has 0 aromatic heterocycles. The average molecular weight is 306 g/mol. The minimum Gasteiger partial charge on any atom is -0.443 e. The highest BCUT2D eigenvalue weighted by atomic mass is 16.6. The van der Waals surface area contributed by atoms with Gasteiger partial charge >= 0.3 is 6.09 Å². The van der Waals surface area contributed by atoms with Crippen molar-refractivity contribution in [1.82, 2.24) is 4.90 Å². The van der Waals surface area contributed by atoms with Crippen LogP contribution in [0.2, 0.25) is 0 Å². The maximum absolute atomic E-state index is 11.9. The number of nitrogens with zero attached hydrogens (tertiary/aromatic N) is 4. The van der Waals surface area contributed by atoms with Crippen molar-refractivity contribution < 1.29 is 14.5 Å². The average Bonchev–Trinajstić information content (AvgIpc) is 2.46. The molecule has 0 fully saturated rings. The van der Waals surface area contributed by atoms with Gasteiger partial charge in [-0.3, -0.25) is 20.0 Å². The van der Waals surface area contributed by atoms with E-state index in [0.717, 1.165) is 5.69 Å². The van der Waals surface area contributed by atoms with Gasteiger partial charge in [-0.2, -0.15) is 5.10 Å². The molecular weight excluding hydrogens is 288 g/mol. The number of anilines is 1. The van der Waals surface area contributed by atoms with Crippen LogP contribution in [-0.4, -0.2) is 40.9 Å². The number of amides is 1. The molecule has 0 unspecified atom stereocenters. The van der Waals surface area contributed by atoms with Crippen LogP contribution < -0.4 is 5.01 Å². The standard InChI is InChI=1S/C14H18N4O4/c1-14(2,3)22-13(19)16-8-9-17(15-10-16)11-4-6-12(7-5-11)18(20)21/h4-7,10H,8-9H2,1-3H3. The Labute approximate surface area is 128 Å². The Morgan fingerprint density at radius 2 is 1.91 bits per heavy atom. The molecule has 1 amide bonds. The first-order valence-electron chi connectivity index (χ1n) is 6.82. The highest BCUT2D eigenvalue weighted by Crippen LogP contribution is 2.21. The third kappa shape index (κ3) is 3.94. The predicted molar refractivity (Wildman–Crippen MR) is 81.9 cm³/mol. The number of hydrogen-bond acceptors (Lipinski definition) is 6. The van der Waals surface area contributed by atoms with Crippen molar-refractivity contribution in [3.63, 3.8) is 0 Å². The van der Waals surface area contributed by atoms with E-state index in [-0.39, 0.29) is 5.69 Å². The second-order valence-corrected chi connectivity index (χ2v) is 5.80. The monoisotopic (exact) mass is 306 g/mol. The zero-order valence-electron chi connectivity index (χ0n) is 12.7. The van der Waals surface area contributed by atoms with Gasteiger partial charge in [-0.05, 0) is 32.9 Å². The van der Waals surface area contributed by atoms with Crippen molar-refractivity contribution in [3.05, 3.63) is 34.4 Å². The number of nitro groups is 1. The Kier molecular flexibility index (Phi) is 4.30. The molecule has 0 N–H and O–H groups in total. The summed E-state index contributed by atoms with van der Waals surface area (Å²) in [5, 5.41) is 16.5. The predicted octanol–water partition coefficient (Wildman–Crippen LogP) is 2.60. The van der Waals surface area contributed by atoms with E-state index < -0.39 is 16.6 Å². The van der Waals surface area contributed by atoms with E-state index >= 15 is 0 Å². The lowest BCUT2D eigenvalue weighted by molar-refractivity contribution is -0.384. The Morgan fingerprint density at radius 1 is 1.27 bits per heavy atom. The summed E-state index contributed by atoms with van der Waals surface area (Å²) in [7, 11) is 0. The second-order valence-electron chi connectivity index (χ2n) is 5.80. The molecule has 2 rings (SSSR count). The number of carbonyl (C=O) groups is 1. The molecular formula is C14H18N4O4. The molecule has 1 aliphatic rings. The van der Waals surface area contributed by atoms with Crippen LogP contribution in [0.4, 0.5) is 16.2 Å². The summed E-state index contributed by atoms with van der Waals surface area (Å²) in [5.41, 5.74) is 0.200. The molecule has 0 saturated carbocycles. The molecule has 22 heavy (non-hydrogen) atoms. The van der Waals surface area contributed by atoms with Crippen LogP contribution in [0.25, 0.3) is 0 Å². The summed E-state index contributed by atoms with van der Waals surface area (Å²) in [4.78, 5) is 23.5. The van der Waals surface area contributed by atoms with Crippen LogP contribution in [0, 0.1) is 10.1 Å². The molecule has 1 aromatic carbocycles. The zero-order chi connectivity index (χ0) is 16.3. The normalized spacial score (nSPS) is 14.9. The number of ether oxygens (including phenoxy) is 1. The molecule has 0 spiro atoms. The molecule has 8 nitrogen and oxygen atoms in total. The Hall–Kier alpha value is -2.64. The van der Waals surface area contributed by atoms with Gasteiger partial charge in [0.25, 0.3) is 5.69 Å². The quantitative estimate of drug-likeness (QED) is 0.619. The van der Waals surface area contributed by atoms with Crippen molar-refractivity contribution in [3.8, 4) is 0 Å². The number of carbonyl (C=O) groups excluding carboxylic acids is 1. The van der Waals surface area contributed by atoms with Crippen molar-refractivity contribution >= 4 is 23.8 Å². The summed E-state index contributed by atoms with van der Waals surface area (Å²) in [6, 6.07) is 6.09. The van der Waals surface area contributed by atoms with Crippen molar-refractivity contribution in [1.29, 1.82) is 0 Å². The van der Waals surface area contributed by atoms with Crippen molar-refractivity contribution in [2.45, 2.75) is 26.4 Å². The van der Waals surface area contributed by atoms with E-state index in [1.807, 2.05) is 0 Å². The van der Waals surface area contributed by atoms with Crippen LogP contribution in [0.15, 0.2) is 29.4 Å². The molecule has 1 aliphatic heterocycles. The number of benzene rings is 1. The largest absolute Gasteiger partial charge is 0.443 e. The number of rotatable bonds is 2. The molecule has 0 aliphatic carbocycles. The molecule has 0 bridgehead atoms. The van der Waals surface area contributed by atoms with E-state index in [4.69, 9.17) is 4.74 Å². The van der Waals surface area contributed by atoms with Gasteiger partial charge in [-0.1, -0.05) is 0 Å². The number of non-ortho nitro benzene ring substituents is 1. The first-order valence-corrected chi connectivity index (χ1v) is 6.82. The zero-order valence-corrected chi connectivity index (χ0v) is 12.7. The smallest absolute Gasteiger partial charge is 0.415 e. The number of hydrogen-bond donors (Lipinski definition) is 0. The first kappa shape index (κ1) is 15.7. The minimum absolute atomic E-state index is 0.0279. The molecule has 0 saturated heterocycles. The summed E-state index contributed by atoms with van der Waals surface area (Å²) in [6.07, 6.45) is 0.957. The fourth-order valence-electron chi connectivity index (χ4n) is 1.84. The van der Waals surface area contributed by atoms with Crippen LogP contribution in [0.1, 0.15) is 20.8 Å². The first-order chi connectivity index (χ1) is 10.3. The third-order valence-electron chi connectivity index (χ3n) is 2.87. The van der Waals surface area contributed by atoms with Gasteiger partial charge in [0.05, 0.1) is 17.2 Å². The molecule has 0 radical (unpaired) electrons. The fourth-order valence-corrected chi connectivity index (χ4v) is 1.84. The van der Waals surface area contributed by atoms with Crippen molar-refractivity contribution in [2.24, 2.45) is 5.10 Å². The lowest BCUT2D eigenvalue weighted by atomic mass is 10.2. The van der Waals surface area contributed by atoms with Gasteiger partial charge in [0.2, 0.25) is 0 Å². The number of nitro benzene ring substituents is 1. The van der Waals surface area contributed by atoms with Gasteiger partial charge in [0.15, 0.2) is 0 Å². The summed E-state index contributed by atoms with van der Waals surface area (Å²) >= 11 is 0. The minimum atomic E-state index is -0.555. The summed E-state index contributed by atoms with van der Waals surface area (Å²) in [5.74, 6) is 0. The van der Waals surface area contributed by atoms with E-state index in [9.17, 15) is 14.9 Å². The van der Waals surface area contributed by atoms with Gasteiger partial charge in [-0.25, -0.2) is 4.79 Å². The highest BCUT2D eigenvalue weighted by Gasteiger charge is 2.24. The van der Waals surface area contributed by atoms with E-state index in [1.54, 1.807) is 37.9 Å². The lowest BCUT2D eigenvalue weighted by Gasteiger charge is -2.30. The fraction of sp³-hybridized carbons (Fsp3) is 0.429. The van der Waals surface area contributed by atoms with Crippen LogP contribution in [0.5, 0.6) is 0 Å². The summed E-state index contributed by atoms with van der Waals surface area (Å²) < 4.78 is 5.26. The van der Waals surface area contributed by atoms with Gasteiger partial charge in [0.1, 0.15) is 11.9 Å². The Bertz CT molecular complexity index is 592. The molecule has 1 heterocycles. The molecule has 0 atom stereocenters. The molecule has 8 heteroatoms. The van der Waals surface area contributed by atoms with Gasteiger partial charge in [0, 0.05) is 18.7 Å². The SMILES string of the molecule is CC(C)(C)OC(=O)N1C=NN(c2ccc([N+](=O)[O-])cc2)CC1. The summed E-state index contributed by atoms with van der Waals surface area (Å²) in [6.45, 7) is 6.31. The number of hydrazone groups is 1. The van der Waals surface area contributed by atoms with Crippen LogP contribution in [0.3, 0.4) is 0 Å². The van der Waals surface area contributed by atoms with Crippen LogP contribution in [-0.2, 0) is 4.74 Å². The second kappa shape index (κ2) is 6.00. The van der Waals surface area contributed by atoms with E-state index in [2.05, 4.69) is 5.10 Å². The van der Waals surface area contributed by atoms with E-state index in [1.165, 1.54) is 23.4 Å². The third-order valence-corrected chi connectivity index (χ3v) is 2.87. The Balaban J connectivity index is 2.02. The molecule has 1 aromatic rings.